The molecule has 0 spiro atoms. The Morgan fingerprint density at radius 1 is 1.59 bits per heavy atom. The number of hydrogen-bond acceptors (Lipinski definition) is 3. The van der Waals surface area contributed by atoms with E-state index in [1.165, 1.54) is 6.42 Å². The van der Waals surface area contributed by atoms with Crippen LogP contribution in [0.25, 0.3) is 0 Å². The van der Waals surface area contributed by atoms with E-state index in [0.29, 0.717) is 18.4 Å². The Hall–Kier alpha value is -0.220. The van der Waals surface area contributed by atoms with Gasteiger partial charge in [-0.25, -0.2) is 0 Å². The van der Waals surface area contributed by atoms with Gasteiger partial charge >= 0.3 is 0 Å². The van der Waals surface area contributed by atoms with Gasteiger partial charge < -0.3 is 10.6 Å². The Bertz CT molecular complexity index is 289. The fourth-order valence-electron chi connectivity index (χ4n) is 2.99. The van der Waals surface area contributed by atoms with Gasteiger partial charge in [0.1, 0.15) is 0 Å². The minimum Gasteiger partial charge on any atom is -0.337 e. The van der Waals surface area contributed by atoms with E-state index in [2.05, 4.69) is 18.7 Å². The molecule has 0 bridgehead atoms. The van der Waals surface area contributed by atoms with Crippen LogP contribution in [0.1, 0.15) is 39.5 Å². The van der Waals surface area contributed by atoms with Crippen LogP contribution in [0, 0.1) is 5.92 Å². The average Bonchev–Trinajstić information content (AvgIpc) is 2.76. The summed E-state index contributed by atoms with van der Waals surface area (Å²) in [6.45, 7) is 5.88. The fourth-order valence-corrected chi connectivity index (χ4v) is 4.26. The van der Waals surface area contributed by atoms with Crippen molar-refractivity contribution < 1.29 is 4.79 Å². The lowest BCUT2D eigenvalue weighted by Gasteiger charge is -2.41. The molecule has 2 aliphatic heterocycles. The number of thioether (sulfide) groups is 1. The van der Waals surface area contributed by atoms with Crippen molar-refractivity contribution in [2.24, 2.45) is 11.7 Å². The molecule has 0 aromatic rings. The molecule has 2 rings (SSSR count). The van der Waals surface area contributed by atoms with Gasteiger partial charge in [-0.1, -0.05) is 6.92 Å². The predicted octanol–water partition coefficient (Wildman–Crippen LogP) is 1.86. The molecule has 1 amide bonds. The van der Waals surface area contributed by atoms with Crippen molar-refractivity contribution in [2.45, 2.75) is 50.3 Å². The topological polar surface area (TPSA) is 46.3 Å². The van der Waals surface area contributed by atoms with Crippen LogP contribution in [-0.2, 0) is 4.79 Å². The molecule has 17 heavy (non-hydrogen) atoms. The normalized spacial score (nSPS) is 38.4. The molecular weight excluding hydrogens is 232 g/mol. The summed E-state index contributed by atoms with van der Waals surface area (Å²) in [6, 6.07) is 0.268. The fraction of sp³-hybridized carbons (Fsp3) is 0.923. The van der Waals surface area contributed by atoms with Crippen molar-refractivity contribution in [3.63, 3.8) is 0 Å². The molecule has 2 N–H and O–H groups in total. The smallest absolute Gasteiger partial charge is 0.238 e. The maximum Gasteiger partial charge on any atom is 0.238 e. The molecule has 2 aliphatic rings. The van der Waals surface area contributed by atoms with Crippen molar-refractivity contribution in [1.29, 1.82) is 0 Å². The number of carbonyl (C=O) groups excluding carboxylic acids is 1. The third-order valence-electron chi connectivity index (χ3n) is 4.18. The average molecular weight is 256 g/mol. The zero-order chi connectivity index (χ0) is 12.5. The van der Waals surface area contributed by atoms with Gasteiger partial charge in [0.2, 0.25) is 5.91 Å². The van der Waals surface area contributed by atoms with Crippen LogP contribution in [0.15, 0.2) is 0 Å². The van der Waals surface area contributed by atoms with Crippen molar-refractivity contribution >= 4 is 17.7 Å². The highest BCUT2D eigenvalue weighted by molar-refractivity contribution is 8.01. The molecule has 3 nitrogen and oxygen atoms in total. The third-order valence-corrected chi connectivity index (χ3v) is 5.69. The van der Waals surface area contributed by atoms with Gasteiger partial charge in [0.25, 0.3) is 0 Å². The van der Waals surface area contributed by atoms with E-state index in [9.17, 15) is 4.79 Å². The van der Waals surface area contributed by atoms with Crippen LogP contribution < -0.4 is 5.73 Å². The molecule has 0 aromatic carbocycles. The van der Waals surface area contributed by atoms with Crippen molar-refractivity contribution in [1.82, 2.24) is 4.90 Å². The number of amides is 1. The Morgan fingerprint density at radius 3 is 2.94 bits per heavy atom. The molecule has 0 aliphatic carbocycles. The number of rotatable bonds is 2. The first-order valence-corrected chi connectivity index (χ1v) is 7.70. The second-order valence-corrected chi connectivity index (χ2v) is 7.30. The van der Waals surface area contributed by atoms with Gasteiger partial charge in [-0.2, -0.15) is 0 Å². The third kappa shape index (κ3) is 2.63. The largest absolute Gasteiger partial charge is 0.337 e. The minimum atomic E-state index is -0.173. The van der Waals surface area contributed by atoms with Crippen LogP contribution in [0.3, 0.4) is 0 Å². The molecule has 0 radical (unpaired) electrons. The van der Waals surface area contributed by atoms with E-state index < -0.39 is 0 Å². The maximum absolute atomic E-state index is 12.6. The highest BCUT2D eigenvalue weighted by atomic mass is 32.2. The monoisotopic (exact) mass is 256 g/mol. The molecule has 2 saturated heterocycles. The first kappa shape index (κ1) is 13.2. The van der Waals surface area contributed by atoms with Crippen LogP contribution in [0.4, 0.5) is 0 Å². The standard InChI is InChI=1S/C13H24N2OS/c1-10-4-6-15(11(8-10)9-14)12(16)13(2)5-3-7-17-13/h10-11H,3-9,14H2,1-2H3. The molecule has 4 heteroatoms. The highest BCUT2D eigenvalue weighted by Gasteiger charge is 2.42. The number of carbonyl (C=O) groups is 1. The second-order valence-electron chi connectivity index (χ2n) is 5.70. The summed E-state index contributed by atoms with van der Waals surface area (Å²) >= 11 is 1.83. The van der Waals surface area contributed by atoms with Gasteiger partial charge in [-0.05, 0) is 44.3 Å². The summed E-state index contributed by atoms with van der Waals surface area (Å²) in [5.41, 5.74) is 5.83. The van der Waals surface area contributed by atoms with E-state index in [4.69, 9.17) is 5.73 Å². The molecular formula is C13H24N2OS. The molecule has 98 valence electrons. The second kappa shape index (κ2) is 5.19. The van der Waals surface area contributed by atoms with E-state index in [1.54, 1.807) is 0 Å². The Morgan fingerprint density at radius 2 is 2.35 bits per heavy atom. The van der Waals surface area contributed by atoms with Gasteiger partial charge in [0.15, 0.2) is 0 Å². The lowest BCUT2D eigenvalue weighted by atomic mass is 9.90. The zero-order valence-electron chi connectivity index (χ0n) is 10.9. The van der Waals surface area contributed by atoms with Crippen molar-refractivity contribution in [3.05, 3.63) is 0 Å². The lowest BCUT2D eigenvalue weighted by Crippen LogP contribution is -2.54. The predicted molar refractivity (Wildman–Crippen MR) is 73.1 cm³/mol. The summed E-state index contributed by atoms with van der Waals surface area (Å²) in [4.78, 5) is 14.7. The summed E-state index contributed by atoms with van der Waals surface area (Å²) < 4.78 is -0.173. The van der Waals surface area contributed by atoms with E-state index in [-0.39, 0.29) is 10.8 Å². The summed E-state index contributed by atoms with van der Waals surface area (Å²) in [7, 11) is 0. The number of likely N-dealkylation sites (tertiary alicyclic amines) is 1. The maximum atomic E-state index is 12.6. The molecule has 2 heterocycles. The van der Waals surface area contributed by atoms with E-state index in [1.807, 2.05) is 11.8 Å². The number of nitrogens with zero attached hydrogens (tertiary/aromatic N) is 1. The van der Waals surface area contributed by atoms with Crippen LogP contribution >= 0.6 is 11.8 Å². The molecule has 3 unspecified atom stereocenters. The van der Waals surface area contributed by atoms with E-state index in [0.717, 1.165) is 31.6 Å². The number of piperidine rings is 1. The van der Waals surface area contributed by atoms with Gasteiger partial charge in [0, 0.05) is 19.1 Å². The van der Waals surface area contributed by atoms with Crippen LogP contribution in [-0.4, -0.2) is 40.4 Å². The Labute approximate surface area is 108 Å². The van der Waals surface area contributed by atoms with Crippen LogP contribution in [0.5, 0.6) is 0 Å². The van der Waals surface area contributed by atoms with Gasteiger partial charge in [0.05, 0.1) is 4.75 Å². The number of hydrogen-bond donors (Lipinski definition) is 1. The number of nitrogens with two attached hydrogens (primary N) is 1. The zero-order valence-corrected chi connectivity index (χ0v) is 11.8. The highest BCUT2D eigenvalue weighted by Crippen LogP contribution is 2.40. The summed E-state index contributed by atoms with van der Waals surface area (Å²) in [6.07, 6.45) is 4.40. The first-order chi connectivity index (χ1) is 8.07. The Kier molecular flexibility index (Phi) is 4.03. The Balaban J connectivity index is 2.07. The van der Waals surface area contributed by atoms with E-state index >= 15 is 0 Å². The van der Waals surface area contributed by atoms with Gasteiger partial charge in [-0.3, -0.25) is 4.79 Å². The molecule has 3 atom stereocenters. The molecule has 2 fully saturated rings. The molecule has 0 aromatic heterocycles. The van der Waals surface area contributed by atoms with Crippen LogP contribution in [0.2, 0.25) is 0 Å². The van der Waals surface area contributed by atoms with Crippen molar-refractivity contribution in [2.75, 3.05) is 18.8 Å². The minimum absolute atomic E-state index is 0.173. The molecule has 0 saturated carbocycles. The lowest BCUT2D eigenvalue weighted by molar-refractivity contribution is -0.137. The quantitative estimate of drug-likeness (QED) is 0.820. The van der Waals surface area contributed by atoms with Gasteiger partial charge in [-0.15, -0.1) is 11.8 Å². The van der Waals surface area contributed by atoms with Crippen molar-refractivity contribution in [3.8, 4) is 0 Å². The SMILES string of the molecule is CC1CCN(C(=O)C2(C)CCCS2)C(CN)C1. The summed E-state index contributed by atoms with van der Waals surface area (Å²) in [5.74, 6) is 2.17. The summed E-state index contributed by atoms with van der Waals surface area (Å²) in [5, 5.41) is 0. The first-order valence-electron chi connectivity index (χ1n) is 6.72.